The average molecular weight is 358 g/mol. The van der Waals surface area contributed by atoms with Crippen molar-refractivity contribution in [3.63, 3.8) is 0 Å². The zero-order valence-electron chi connectivity index (χ0n) is 17.1. The number of aromatic nitrogens is 1. The second-order valence-electron chi connectivity index (χ2n) is 8.32. The Bertz CT molecular complexity index is 562. The second kappa shape index (κ2) is 9.84. The van der Waals surface area contributed by atoms with Crippen LogP contribution in [0.15, 0.2) is 54.7 Å². The highest BCUT2D eigenvalue weighted by Gasteiger charge is 2.25. The summed E-state index contributed by atoms with van der Waals surface area (Å²) in [4.78, 5) is 4.15. The smallest absolute Gasteiger partial charge is 0.104 e. The number of pyridine rings is 1. The van der Waals surface area contributed by atoms with Gasteiger partial charge in [-0.3, -0.25) is 4.98 Å². The van der Waals surface area contributed by atoms with Crippen molar-refractivity contribution in [2.45, 2.75) is 65.6 Å². The van der Waals surface area contributed by atoms with Crippen LogP contribution in [0.25, 0.3) is 0 Å². The Morgan fingerprint density at radius 3 is 1.73 bits per heavy atom. The molecular weight excluding hydrogens is 322 g/mol. The summed E-state index contributed by atoms with van der Waals surface area (Å²) in [5.74, 6) is 0.979. The average Bonchev–Trinajstić information content (AvgIpc) is 2.55. The van der Waals surface area contributed by atoms with Crippen LogP contribution in [0.1, 0.15) is 65.6 Å². The van der Waals surface area contributed by atoms with Gasteiger partial charge in [0.2, 0.25) is 0 Å². The van der Waals surface area contributed by atoms with Gasteiger partial charge in [0.25, 0.3) is 0 Å². The quantitative estimate of drug-likeness (QED) is 0.740. The van der Waals surface area contributed by atoms with E-state index in [2.05, 4.69) is 32.7 Å². The van der Waals surface area contributed by atoms with E-state index in [0.29, 0.717) is 11.8 Å². The molecule has 3 heteroatoms. The normalized spacial score (nSPS) is 15.8. The van der Waals surface area contributed by atoms with E-state index < -0.39 is 11.2 Å². The molecule has 2 aromatic rings. The molecule has 26 heavy (non-hydrogen) atoms. The van der Waals surface area contributed by atoms with Crippen molar-refractivity contribution in [3.05, 3.63) is 66.0 Å². The van der Waals surface area contributed by atoms with Crippen molar-refractivity contribution in [1.82, 2.24) is 4.98 Å². The third-order valence-corrected chi connectivity index (χ3v) is 4.22. The lowest BCUT2D eigenvalue weighted by atomic mass is 9.88. The molecule has 2 unspecified atom stereocenters. The monoisotopic (exact) mass is 357 g/mol. The van der Waals surface area contributed by atoms with Gasteiger partial charge in [-0.25, -0.2) is 0 Å². The highest BCUT2D eigenvalue weighted by molar-refractivity contribution is 5.21. The van der Waals surface area contributed by atoms with Crippen LogP contribution in [0.5, 0.6) is 0 Å². The van der Waals surface area contributed by atoms with E-state index in [9.17, 15) is 10.2 Å². The van der Waals surface area contributed by atoms with Gasteiger partial charge in [-0.1, -0.05) is 64.1 Å². The minimum absolute atomic E-state index is 0.469. The largest absolute Gasteiger partial charge is 0.385 e. The Hall–Kier alpha value is -1.71. The van der Waals surface area contributed by atoms with Gasteiger partial charge in [0.05, 0.1) is 11.3 Å². The summed E-state index contributed by atoms with van der Waals surface area (Å²) in [6.45, 7) is 12.1. The van der Waals surface area contributed by atoms with Crippen molar-refractivity contribution in [2.75, 3.05) is 0 Å². The lowest BCUT2D eigenvalue weighted by Crippen LogP contribution is -2.24. The third-order valence-electron chi connectivity index (χ3n) is 4.22. The number of nitrogens with zero attached hydrogens (tertiary/aromatic N) is 1. The maximum Gasteiger partial charge on any atom is 0.104 e. The van der Waals surface area contributed by atoms with E-state index in [0.717, 1.165) is 24.1 Å². The van der Waals surface area contributed by atoms with Crippen LogP contribution < -0.4 is 0 Å². The molecule has 0 amide bonds. The van der Waals surface area contributed by atoms with Crippen LogP contribution in [0.2, 0.25) is 0 Å². The summed E-state index contributed by atoms with van der Waals surface area (Å²) in [6, 6.07) is 15.5. The molecule has 2 atom stereocenters. The SMILES string of the molecule is CC(C)CC(C)(O)c1ccccc1.CC(C)CC(C)(O)c1ccccn1. The first-order valence-electron chi connectivity index (χ1n) is 9.46. The zero-order chi connectivity index (χ0) is 19.8. The lowest BCUT2D eigenvalue weighted by Gasteiger charge is -2.25. The molecule has 2 N–H and O–H groups in total. The molecule has 1 aromatic heterocycles. The zero-order valence-corrected chi connectivity index (χ0v) is 17.1. The van der Waals surface area contributed by atoms with Crippen LogP contribution in [0, 0.1) is 11.8 Å². The molecule has 1 aromatic carbocycles. The first-order chi connectivity index (χ1) is 12.0. The molecule has 0 saturated heterocycles. The summed E-state index contributed by atoms with van der Waals surface area (Å²) < 4.78 is 0. The van der Waals surface area contributed by atoms with E-state index in [-0.39, 0.29) is 0 Å². The molecule has 2 rings (SSSR count). The van der Waals surface area contributed by atoms with Gasteiger partial charge in [-0.05, 0) is 56.2 Å². The molecule has 0 bridgehead atoms. The summed E-state index contributed by atoms with van der Waals surface area (Å²) in [7, 11) is 0. The van der Waals surface area contributed by atoms with Crippen molar-refractivity contribution < 1.29 is 10.2 Å². The topological polar surface area (TPSA) is 53.4 Å². The number of aliphatic hydroxyl groups is 2. The maximum absolute atomic E-state index is 10.2. The lowest BCUT2D eigenvalue weighted by molar-refractivity contribution is 0.0305. The van der Waals surface area contributed by atoms with Gasteiger partial charge in [0.1, 0.15) is 5.60 Å². The number of hydrogen-bond acceptors (Lipinski definition) is 3. The summed E-state index contributed by atoms with van der Waals surface area (Å²) >= 11 is 0. The first-order valence-corrected chi connectivity index (χ1v) is 9.46. The molecule has 0 spiro atoms. The minimum atomic E-state index is -0.796. The molecule has 3 nitrogen and oxygen atoms in total. The second-order valence-corrected chi connectivity index (χ2v) is 8.32. The van der Waals surface area contributed by atoms with Crippen molar-refractivity contribution >= 4 is 0 Å². The molecule has 0 aliphatic rings. The van der Waals surface area contributed by atoms with Crippen molar-refractivity contribution in [2.24, 2.45) is 11.8 Å². The highest BCUT2D eigenvalue weighted by atomic mass is 16.3. The van der Waals surface area contributed by atoms with Crippen LogP contribution in [-0.4, -0.2) is 15.2 Å². The van der Waals surface area contributed by atoms with Crippen molar-refractivity contribution in [3.8, 4) is 0 Å². The Labute approximate surface area is 159 Å². The predicted octanol–water partition coefficient (Wildman–Crippen LogP) is 5.28. The van der Waals surface area contributed by atoms with Gasteiger partial charge in [-0.15, -0.1) is 0 Å². The molecule has 0 aliphatic carbocycles. The van der Waals surface area contributed by atoms with E-state index in [1.807, 2.05) is 62.4 Å². The fourth-order valence-corrected chi connectivity index (χ4v) is 3.29. The van der Waals surface area contributed by atoms with E-state index in [1.54, 1.807) is 6.20 Å². The molecule has 0 radical (unpaired) electrons. The number of rotatable bonds is 6. The summed E-state index contributed by atoms with van der Waals surface area (Å²) in [5, 5.41) is 20.2. The Morgan fingerprint density at radius 1 is 0.769 bits per heavy atom. The molecule has 0 fully saturated rings. The van der Waals surface area contributed by atoms with E-state index in [4.69, 9.17) is 0 Å². The van der Waals surface area contributed by atoms with Crippen LogP contribution >= 0.6 is 0 Å². The molecule has 0 aliphatic heterocycles. The molecule has 0 saturated carbocycles. The van der Waals surface area contributed by atoms with Gasteiger partial charge in [0, 0.05) is 6.20 Å². The van der Waals surface area contributed by atoms with Crippen LogP contribution in [0.3, 0.4) is 0 Å². The Balaban J connectivity index is 0.000000260. The number of hydrogen-bond donors (Lipinski definition) is 2. The fraction of sp³-hybridized carbons (Fsp3) is 0.522. The third kappa shape index (κ3) is 7.67. The van der Waals surface area contributed by atoms with Gasteiger partial charge in [-0.2, -0.15) is 0 Å². The van der Waals surface area contributed by atoms with Gasteiger partial charge >= 0.3 is 0 Å². The molecule has 144 valence electrons. The highest BCUT2D eigenvalue weighted by Crippen LogP contribution is 2.27. The molecular formula is C23H35NO2. The van der Waals surface area contributed by atoms with Crippen LogP contribution in [-0.2, 0) is 11.2 Å². The van der Waals surface area contributed by atoms with Gasteiger partial charge < -0.3 is 10.2 Å². The maximum atomic E-state index is 10.2. The number of benzene rings is 1. The van der Waals surface area contributed by atoms with Crippen LogP contribution in [0.4, 0.5) is 0 Å². The van der Waals surface area contributed by atoms with E-state index >= 15 is 0 Å². The van der Waals surface area contributed by atoms with E-state index in [1.165, 1.54) is 0 Å². The Kier molecular flexibility index (Phi) is 8.45. The standard InChI is InChI=1S/C12H18O.C11H17NO/c1-10(2)9-12(3,13)11-7-5-4-6-8-11;1-9(2)8-11(3,13)10-6-4-5-7-12-10/h4-8,10,13H,9H2,1-3H3;4-7,9,13H,8H2,1-3H3. The first kappa shape index (κ1) is 22.3. The molecule has 1 heterocycles. The fourth-order valence-electron chi connectivity index (χ4n) is 3.29. The minimum Gasteiger partial charge on any atom is -0.385 e. The van der Waals surface area contributed by atoms with Crippen molar-refractivity contribution in [1.29, 1.82) is 0 Å². The predicted molar refractivity (Wildman–Crippen MR) is 109 cm³/mol. The van der Waals surface area contributed by atoms with Gasteiger partial charge in [0.15, 0.2) is 0 Å². The Morgan fingerprint density at radius 2 is 1.27 bits per heavy atom. The summed E-state index contributed by atoms with van der Waals surface area (Å²) in [5.41, 5.74) is 0.276. The summed E-state index contributed by atoms with van der Waals surface area (Å²) in [6.07, 6.45) is 3.26.